The lowest BCUT2D eigenvalue weighted by Crippen LogP contribution is -3.61. The first kappa shape index (κ1) is 13.3. The maximum absolute atomic E-state index is 8.39. The molecular weight excluding hydrogens is 339 g/mol. The number of benzene rings is 2. The standard InChI is InChI=1S/C15H13IO2/c1-12(11-18-17)13-7-9-15(10-8-13)16-14-5-3-2-4-6-14/h2-10H,1,11H2/p+1. The van der Waals surface area contributed by atoms with Gasteiger partial charge in [-0.25, -0.2) is 4.89 Å². The SMILES string of the molecule is C=C(COO)c1ccc([I+]c2ccccc2)cc1. The third-order valence-electron chi connectivity index (χ3n) is 2.44. The fraction of sp³-hybridized carbons (Fsp3) is 0.0667. The van der Waals surface area contributed by atoms with E-state index < -0.39 is 0 Å². The molecule has 0 atom stereocenters. The van der Waals surface area contributed by atoms with E-state index in [1.165, 1.54) is 7.14 Å². The quantitative estimate of drug-likeness (QED) is 0.477. The van der Waals surface area contributed by atoms with E-state index in [0.717, 1.165) is 11.1 Å². The molecule has 3 heteroatoms. The monoisotopic (exact) mass is 353 g/mol. The summed E-state index contributed by atoms with van der Waals surface area (Å²) in [6, 6.07) is 18.8. The second-order valence-corrected chi connectivity index (χ2v) is 6.80. The molecule has 0 fully saturated rings. The van der Waals surface area contributed by atoms with E-state index >= 15 is 0 Å². The third kappa shape index (κ3) is 3.66. The molecule has 0 unspecified atom stereocenters. The molecule has 0 bridgehead atoms. The summed E-state index contributed by atoms with van der Waals surface area (Å²) in [5.74, 6) is 0. The van der Waals surface area contributed by atoms with Gasteiger partial charge in [0.2, 0.25) is 0 Å². The van der Waals surface area contributed by atoms with E-state index in [0.29, 0.717) is 0 Å². The van der Waals surface area contributed by atoms with E-state index in [4.69, 9.17) is 5.26 Å². The zero-order valence-electron chi connectivity index (χ0n) is 9.84. The van der Waals surface area contributed by atoms with E-state index in [1.54, 1.807) is 0 Å². The highest BCUT2D eigenvalue weighted by Crippen LogP contribution is 2.10. The zero-order chi connectivity index (χ0) is 12.8. The average Bonchev–Trinajstić information content (AvgIpc) is 2.41. The first-order chi connectivity index (χ1) is 8.79. The maximum Gasteiger partial charge on any atom is 0.357 e. The first-order valence-electron chi connectivity index (χ1n) is 5.54. The molecule has 2 rings (SSSR count). The van der Waals surface area contributed by atoms with E-state index in [-0.39, 0.29) is 27.8 Å². The van der Waals surface area contributed by atoms with Crippen LogP contribution in [-0.2, 0) is 4.89 Å². The van der Waals surface area contributed by atoms with E-state index in [9.17, 15) is 0 Å². The topological polar surface area (TPSA) is 29.5 Å². The summed E-state index contributed by atoms with van der Waals surface area (Å²) in [7, 11) is 0. The van der Waals surface area contributed by atoms with Gasteiger partial charge in [0.05, 0.1) is 0 Å². The molecule has 0 radical (unpaired) electrons. The van der Waals surface area contributed by atoms with Crippen LogP contribution in [0.3, 0.4) is 0 Å². The molecule has 0 heterocycles. The molecule has 1 N–H and O–H groups in total. The molecule has 2 aromatic carbocycles. The summed E-state index contributed by atoms with van der Waals surface area (Å²) in [6.07, 6.45) is 0. The molecule has 2 nitrogen and oxygen atoms in total. The number of hydrogen-bond acceptors (Lipinski definition) is 2. The minimum absolute atomic E-state index is 0.123. The Labute approximate surface area is 117 Å². The van der Waals surface area contributed by atoms with Crippen LogP contribution >= 0.6 is 0 Å². The van der Waals surface area contributed by atoms with E-state index in [1.807, 2.05) is 18.2 Å². The van der Waals surface area contributed by atoms with Crippen LogP contribution in [0.2, 0.25) is 0 Å². The summed E-state index contributed by atoms with van der Waals surface area (Å²) in [6.45, 7) is 4.00. The lowest BCUT2D eigenvalue weighted by molar-refractivity contribution is -0.597. The van der Waals surface area contributed by atoms with Crippen molar-refractivity contribution in [2.24, 2.45) is 0 Å². The predicted molar refractivity (Wildman–Crippen MR) is 67.9 cm³/mol. The molecule has 0 saturated carbocycles. The van der Waals surface area contributed by atoms with Gasteiger partial charge in [0, 0.05) is 0 Å². The summed E-state index contributed by atoms with van der Waals surface area (Å²) in [5.41, 5.74) is 1.78. The molecule has 18 heavy (non-hydrogen) atoms. The van der Waals surface area contributed by atoms with Crippen molar-refractivity contribution < 1.29 is 31.3 Å². The highest BCUT2D eigenvalue weighted by atomic mass is 127. The minimum atomic E-state index is -0.123. The van der Waals surface area contributed by atoms with Crippen LogP contribution in [-0.4, -0.2) is 11.9 Å². The predicted octanol–water partition coefficient (Wildman–Crippen LogP) is 0.318. The lowest BCUT2D eigenvalue weighted by atomic mass is 10.1. The summed E-state index contributed by atoms with van der Waals surface area (Å²) < 4.78 is 2.77. The largest absolute Gasteiger partial charge is 0.357 e. The first-order valence-corrected chi connectivity index (χ1v) is 7.70. The average molecular weight is 353 g/mol. The van der Waals surface area contributed by atoms with Crippen LogP contribution in [0, 0.1) is 7.14 Å². The Bertz CT molecular complexity index is 506. The van der Waals surface area contributed by atoms with Crippen LogP contribution in [0.5, 0.6) is 0 Å². The van der Waals surface area contributed by atoms with Crippen molar-refractivity contribution in [3.8, 4) is 0 Å². The summed E-state index contributed by atoms with van der Waals surface area (Å²) in [5, 5.41) is 8.39. The number of hydrogen-bond donors (Lipinski definition) is 1. The molecule has 0 saturated heterocycles. The fourth-order valence-electron chi connectivity index (χ4n) is 1.51. The van der Waals surface area contributed by atoms with E-state index in [2.05, 4.69) is 47.9 Å². The van der Waals surface area contributed by atoms with Gasteiger partial charge in [0.1, 0.15) is 6.61 Å². The van der Waals surface area contributed by atoms with Gasteiger partial charge in [-0.1, -0.05) is 36.9 Å². The van der Waals surface area contributed by atoms with Crippen LogP contribution in [0.15, 0.2) is 61.2 Å². The van der Waals surface area contributed by atoms with Crippen LogP contribution in [0.25, 0.3) is 5.57 Å². The minimum Gasteiger partial charge on any atom is -0.251 e. The summed E-state index contributed by atoms with van der Waals surface area (Å²) in [4.78, 5) is 4.09. The molecule has 0 aromatic heterocycles. The van der Waals surface area contributed by atoms with Gasteiger partial charge in [-0.3, -0.25) is 5.26 Å². The Morgan fingerprint density at radius 3 is 2.22 bits per heavy atom. The van der Waals surface area contributed by atoms with Gasteiger partial charge in [0.25, 0.3) is 0 Å². The van der Waals surface area contributed by atoms with Crippen molar-refractivity contribution in [1.29, 1.82) is 0 Å². The van der Waals surface area contributed by atoms with Gasteiger partial charge < -0.3 is 0 Å². The van der Waals surface area contributed by atoms with Crippen molar-refractivity contribution in [2.75, 3.05) is 6.61 Å². The molecule has 0 amide bonds. The molecular formula is C15H14IO2+. The summed E-state index contributed by atoms with van der Waals surface area (Å²) >= 11 is -0.123. The Kier molecular flexibility index (Phi) is 4.92. The molecule has 92 valence electrons. The van der Waals surface area contributed by atoms with Crippen molar-refractivity contribution >= 4 is 5.57 Å². The van der Waals surface area contributed by atoms with Crippen molar-refractivity contribution in [3.63, 3.8) is 0 Å². The van der Waals surface area contributed by atoms with Crippen LogP contribution < -0.4 is 21.2 Å². The number of rotatable bonds is 5. The van der Waals surface area contributed by atoms with Gasteiger partial charge in [-0.2, -0.15) is 0 Å². The second kappa shape index (κ2) is 6.68. The van der Waals surface area contributed by atoms with Crippen LogP contribution in [0.4, 0.5) is 0 Å². The smallest absolute Gasteiger partial charge is 0.251 e. The molecule has 0 aliphatic heterocycles. The van der Waals surface area contributed by atoms with Crippen molar-refractivity contribution in [2.45, 2.75) is 0 Å². The van der Waals surface area contributed by atoms with Gasteiger partial charge >= 0.3 is 21.2 Å². The van der Waals surface area contributed by atoms with Crippen molar-refractivity contribution in [3.05, 3.63) is 73.9 Å². The van der Waals surface area contributed by atoms with Gasteiger partial charge in [-0.15, -0.1) is 0 Å². The Balaban J connectivity index is 2.06. The van der Waals surface area contributed by atoms with Gasteiger partial charge in [0.15, 0.2) is 7.14 Å². The lowest BCUT2D eigenvalue weighted by Gasteiger charge is -2.01. The molecule has 0 aliphatic carbocycles. The highest BCUT2D eigenvalue weighted by Gasteiger charge is 2.14. The highest BCUT2D eigenvalue weighted by molar-refractivity contribution is 5.63. The third-order valence-corrected chi connectivity index (χ3v) is 5.13. The molecule has 0 spiro atoms. The Morgan fingerprint density at radius 2 is 1.61 bits per heavy atom. The van der Waals surface area contributed by atoms with Crippen molar-refractivity contribution in [1.82, 2.24) is 0 Å². The Hall–Kier alpha value is -1.17. The maximum atomic E-state index is 8.39. The number of halogens is 1. The van der Waals surface area contributed by atoms with Crippen LogP contribution in [0.1, 0.15) is 5.56 Å². The molecule has 0 aliphatic rings. The Morgan fingerprint density at radius 1 is 1.00 bits per heavy atom. The fourth-order valence-corrected chi connectivity index (χ4v) is 3.73. The second-order valence-electron chi connectivity index (χ2n) is 3.77. The normalized spacial score (nSPS) is 10.3. The zero-order valence-corrected chi connectivity index (χ0v) is 12.0. The van der Waals surface area contributed by atoms with Gasteiger partial charge in [-0.05, 0) is 35.4 Å². The molecule has 2 aromatic rings.